The van der Waals surface area contributed by atoms with Crippen LogP contribution in [0.4, 0.5) is 18.9 Å². The molecule has 206 valence electrons. The standard InChI is InChI=1S/C26H21Cl2F3N2O6/c1-13(25(36,26(29,30)31)14-4-7-21-20(8-14)33(2)23(34)12-38-21)16-6-5-15(9-18(16)27)39-22-10-19(28)17(11-32-22)24(35)37-3/h4-11,13,36H,12H2,1-3H3/t13-,25-/m1/s1. The third-order valence-corrected chi connectivity index (χ3v) is 7.08. The lowest BCUT2D eigenvalue weighted by Gasteiger charge is -2.38. The second-order valence-electron chi connectivity index (χ2n) is 8.69. The highest BCUT2D eigenvalue weighted by molar-refractivity contribution is 6.33. The largest absolute Gasteiger partial charge is 0.482 e. The van der Waals surface area contributed by atoms with Crippen molar-refractivity contribution in [3.05, 3.63) is 75.4 Å². The van der Waals surface area contributed by atoms with Gasteiger partial charge in [-0.2, -0.15) is 13.2 Å². The second kappa shape index (κ2) is 10.6. The van der Waals surface area contributed by atoms with Crippen LogP contribution in [0.15, 0.2) is 48.7 Å². The minimum atomic E-state index is -5.13. The highest BCUT2D eigenvalue weighted by Gasteiger charge is 2.59. The van der Waals surface area contributed by atoms with Crippen molar-refractivity contribution >= 4 is 40.8 Å². The Labute approximate surface area is 230 Å². The van der Waals surface area contributed by atoms with Gasteiger partial charge in [-0.15, -0.1) is 0 Å². The molecule has 39 heavy (non-hydrogen) atoms. The van der Waals surface area contributed by atoms with Crippen molar-refractivity contribution in [3.8, 4) is 17.4 Å². The number of ether oxygens (including phenoxy) is 3. The Morgan fingerprint density at radius 3 is 2.49 bits per heavy atom. The SMILES string of the molecule is COC(=O)c1cnc(Oc2ccc([C@@H](C)[C@@](O)(c3ccc4c(c3)N(C)C(=O)CO4)C(F)(F)F)c(Cl)c2)cc1Cl. The zero-order valence-corrected chi connectivity index (χ0v) is 22.2. The highest BCUT2D eigenvalue weighted by Crippen LogP contribution is 2.51. The van der Waals surface area contributed by atoms with Crippen LogP contribution in [-0.2, 0) is 15.1 Å². The third-order valence-electron chi connectivity index (χ3n) is 6.44. The summed E-state index contributed by atoms with van der Waals surface area (Å²) in [6, 6.07) is 8.63. The summed E-state index contributed by atoms with van der Waals surface area (Å²) >= 11 is 12.4. The van der Waals surface area contributed by atoms with Crippen LogP contribution >= 0.6 is 23.2 Å². The minimum absolute atomic E-state index is 0.00809. The van der Waals surface area contributed by atoms with E-state index >= 15 is 0 Å². The number of aromatic nitrogens is 1. The Balaban J connectivity index is 1.67. The molecule has 4 rings (SSSR count). The van der Waals surface area contributed by atoms with Crippen molar-refractivity contribution in [3.63, 3.8) is 0 Å². The predicted octanol–water partition coefficient (Wildman–Crippen LogP) is 5.88. The summed E-state index contributed by atoms with van der Waals surface area (Å²) in [7, 11) is 2.59. The van der Waals surface area contributed by atoms with Gasteiger partial charge in [0.15, 0.2) is 12.2 Å². The number of alkyl halides is 3. The van der Waals surface area contributed by atoms with Gasteiger partial charge in [0.2, 0.25) is 5.88 Å². The van der Waals surface area contributed by atoms with E-state index in [0.717, 1.165) is 18.3 Å². The van der Waals surface area contributed by atoms with Crippen LogP contribution in [0.25, 0.3) is 0 Å². The molecule has 0 spiro atoms. The number of hydrogen-bond donors (Lipinski definition) is 1. The quantitative estimate of drug-likeness (QED) is 0.361. The van der Waals surface area contributed by atoms with Crippen molar-refractivity contribution in [2.75, 3.05) is 25.7 Å². The molecule has 0 fully saturated rings. The molecule has 1 aliphatic heterocycles. The molecule has 0 radical (unpaired) electrons. The molecule has 0 unspecified atom stereocenters. The number of aliphatic hydroxyl groups is 1. The number of benzene rings is 2. The maximum Gasteiger partial charge on any atom is 0.422 e. The first-order valence-electron chi connectivity index (χ1n) is 11.3. The van der Waals surface area contributed by atoms with Crippen LogP contribution in [0.3, 0.4) is 0 Å². The van der Waals surface area contributed by atoms with Gasteiger partial charge in [-0.1, -0.05) is 42.3 Å². The summed E-state index contributed by atoms with van der Waals surface area (Å²) in [6.07, 6.45) is -3.97. The van der Waals surface area contributed by atoms with Crippen molar-refractivity contribution in [1.29, 1.82) is 0 Å². The molecular weight excluding hydrogens is 564 g/mol. The average Bonchev–Trinajstić information content (AvgIpc) is 2.89. The summed E-state index contributed by atoms with van der Waals surface area (Å²) in [5.74, 6) is -2.40. The minimum Gasteiger partial charge on any atom is -0.482 e. The molecule has 2 heterocycles. The summed E-state index contributed by atoms with van der Waals surface area (Å²) in [4.78, 5) is 28.8. The number of esters is 1. The molecule has 1 amide bonds. The molecule has 0 saturated heterocycles. The zero-order chi connectivity index (χ0) is 28.7. The topological polar surface area (TPSA) is 98.2 Å². The van der Waals surface area contributed by atoms with E-state index < -0.39 is 35.1 Å². The number of likely N-dealkylation sites (N-methyl/N-ethyl adjacent to an activating group) is 1. The van der Waals surface area contributed by atoms with Gasteiger partial charge in [0, 0.05) is 30.3 Å². The number of methoxy groups -OCH3 is 1. The summed E-state index contributed by atoms with van der Waals surface area (Å²) < 4.78 is 59.0. The lowest BCUT2D eigenvalue weighted by atomic mass is 9.77. The van der Waals surface area contributed by atoms with Crippen molar-refractivity contribution in [2.24, 2.45) is 0 Å². The van der Waals surface area contributed by atoms with Crippen LogP contribution in [0.5, 0.6) is 17.4 Å². The van der Waals surface area contributed by atoms with Gasteiger partial charge in [0.25, 0.3) is 5.91 Å². The van der Waals surface area contributed by atoms with E-state index in [1.165, 1.54) is 56.3 Å². The number of nitrogens with zero attached hydrogens (tertiary/aromatic N) is 2. The van der Waals surface area contributed by atoms with Gasteiger partial charge >= 0.3 is 12.1 Å². The number of fused-ring (bicyclic) bond motifs is 1. The molecule has 8 nitrogen and oxygen atoms in total. The van der Waals surface area contributed by atoms with Gasteiger partial charge < -0.3 is 24.2 Å². The normalized spacial score (nSPS) is 15.6. The first-order valence-corrected chi connectivity index (χ1v) is 12.1. The van der Waals surface area contributed by atoms with E-state index in [-0.39, 0.29) is 50.8 Å². The average molecular weight is 585 g/mol. The van der Waals surface area contributed by atoms with E-state index in [9.17, 15) is 27.9 Å². The number of carbonyl (C=O) groups excluding carboxylic acids is 2. The number of rotatable bonds is 6. The number of halogens is 5. The number of anilines is 1. The number of pyridine rings is 1. The Morgan fingerprint density at radius 1 is 1.15 bits per heavy atom. The predicted molar refractivity (Wildman–Crippen MR) is 136 cm³/mol. The first kappa shape index (κ1) is 28.5. The summed E-state index contributed by atoms with van der Waals surface area (Å²) in [6.45, 7) is 0.941. The third kappa shape index (κ3) is 5.21. The van der Waals surface area contributed by atoms with E-state index in [4.69, 9.17) is 32.7 Å². The fourth-order valence-corrected chi connectivity index (χ4v) is 4.72. The van der Waals surface area contributed by atoms with Crippen LogP contribution in [0.1, 0.15) is 34.3 Å². The van der Waals surface area contributed by atoms with Crippen LogP contribution < -0.4 is 14.4 Å². The molecular formula is C26H21Cl2F3N2O6. The van der Waals surface area contributed by atoms with E-state index in [1.54, 1.807) is 0 Å². The lowest BCUT2D eigenvalue weighted by Crippen LogP contribution is -2.47. The fourth-order valence-electron chi connectivity index (χ4n) is 4.17. The molecule has 0 bridgehead atoms. The summed E-state index contributed by atoms with van der Waals surface area (Å²) in [5.41, 5.74) is -3.78. The molecule has 0 aliphatic carbocycles. The second-order valence-corrected chi connectivity index (χ2v) is 9.50. The Hall–Kier alpha value is -3.54. The number of amides is 1. The maximum atomic E-state index is 14.5. The molecule has 0 saturated carbocycles. The van der Waals surface area contributed by atoms with Crippen molar-refractivity contribution in [2.45, 2.75) is 24.6 Å². The number of carbonyl (C=O) groups is 2. The van der Waals surface area contributed by atoms with E-state index in [0.29, 0.717) is 0 Å². The maximum absolute atomic E-state index is 14.5. The Kier molecular flexibility index (Phi) is 7.70. The first-order chi connectivity index (χ1) is 18.3. The molecule has 2 atom stereocenters. The fraction of sp³-hybridized carbons (Fsp3) is 0.269. The Morgan fingerprint density at radius 2 is 1.87 bits per heavy atom. The van der Waals surface area contributed by atoms with Gasteiger partial charge in [-0.05, 0) is 35.4 Å². The zero-order valence-electron chi connectivity index (χ0n) is 20.7. The number of hydrogen-bond acceptors (Lipinski definition) is 7. The smallest absolute Gasteiger partial charge is 0.422 e. The van der Waals surface area contributed by atoms with Crippen molar-refractivity contribution in [1.82, 2.24) is 4.98 Å². The van der Waals surface area contributed by atoms with Gasteiger partial charge in [-0.3, -0.25) is 4.79 Å². The molecule has 1 aliphatic rings. The Bertz CT molecular complexity index is 1450. The monoisotopic (exact) mass is 584 g/mol. The highest BCUT2D eigenvalue weighted by atomic mass is 35.5. The van der Waals surface area contributed by atoms with Crippen molar-refractivity contribution < 1.29 is 42.1 Å². The van der Waals surface area contributed by atoms with Crippen LogP contribution in [-0.4, -0.2) is 48.9 Å². The van der Waals surface area contributed by atoms with Crippen LogP contribution in [0, 0.1) is 0 Å². The van der Waals surface area contributed by atoms with Gasteiger partial charge in [-0.25, -0.2) is 9.78 Å². The molecule has 13 heteroatoms. The molecule has 1 aromatic heterocycles. The van der Waals surface area contributed by atoms with E-state index in [1.807, 2.05) is 0 Å². The lowest BCUT2D eigenvalue weighted by molar-refractivity contribution is -0.274. The molecule has 3 aromatic rings. The van der Waals surface area contributed by atoms with Gasteiger partial charge in [0.05, 0.1) is 23.4 Å². The van der Waals surface area contributed by atoms with Gasteiger partial charge in [0.1, 0.15) is 11.5 Å². The summed E-state index contributed by atoms with van der Waals surface area (Å²) in [5, 5.41) is 11.1. The van der Waals surface area contributed by atoms with E-state index in [2.05, 4.69) is 9.72 Å². The molecule has 1 N–H and O–H groups in total. The van der Waals surface area contributed by atoms with Crippen LogP contribution in [0.2, 0.25) is 10.0 Å². The molecule has 2 aromatic carbocycles.